The Labute approximate surface area is 435 Å². The van der Waals surface area contributed by atoms with Gasteiger partial charge in [0.1, 0.15) is 6.54 Å². The number of unbranched alkanes of at least 4 members (excludes halogenated alkanes) is 2. The highest BCUT2D eigenvalue weighted by Gasteiger charge is 2.46. The third-order valence-electron chi connectivity index (χ3n) is 16.2. The third-order valence-corrected chi connectivity index (χ3v) is 16.2. The number of hydrogen-bond acceptors (Lipinski definition) is 2. The summed E-state index contributed by atoms with van der Waals surface area (Å²) in [7, 11) is 0. The van der Waals surface area contributed by atoms with Crippen LogP contribution in [0.3, 0.4) is 0 Å². The zero-order valence-electron chi connectivity index (χ0n) is 43.3. The van der Waals surface area contributed by atoms with E-state index in [1.807, 2.05) is 12.1 Å². The fraction of sp³-hybridized carbons (Fsp3) is 0.200. The van der Waals surface area contributed by atoms with Crippen LogP contribution in [0.25, 0.3) is 76.8 Å². The zero-order valence-corrected chi connectivity index (χ0v) is 43.3. The number of allylic oxidation sites excluding steroid dienone is 4. The van der Waals surface area contributed by atoms with Gasteiger partial charge in [-0.15, -0.1) is 0 Å². The summed E-state index contributed by atoms with van der Waals surface area (Å²) in [5, 5.41) is 17.3. The Morgan fingerprint density at radius 2 is 1.28 bits per heavy atom. The minimum Gasteiger partial charge on any atom is -0.478 e. The summed E-state index contributed by atoms with van der Waals surface area (Å²) in [6.07, 6.45) is 11.2. The van der Waals surface area contributed by atoms with Gasteiger partial charge in [-0.25, -0.2) is 4.79 Å². The Hall–Kier alpha value is -8.26. The second-order valence-electron chi connectivity index (χ2n) is 21.4. The van der Waals surface area contributed by atoms with Gasteiger partial charge < -0.3 is 10.0 Å². The molecule has 1 N–H and O–H groups in total. The van der Waals surface area contributed by atoms with Crippen LogP contribution in [0.1, 0.15) is 99.8 Å². The molecular weight excluding hydrogens is 901 g/mol. The lowest BCUT2D eigenvalue weighted by molar-refractivity contribution is -0.438. The minimum atomic E-state index is -0.894. The molecule has 0 unspecified atom stereocenters. The van der Waals surface area contributed by atoms with Crippen molar-refractivity contribution < 1.29 is 14.5 Å². The van der Waals surface area contributed by atoms with Crippen LogP contribution < -0.4 is 4.90 Å². The molecule has 1 aliphatic carbocycles. The molecule has 0 radical (unpaired) electrons. The second kappa shape index (κ2) is 18.3. The Kier molecular flexibility index (Phi) is 11.6. The lowest BCUT2D eigenvalue weighted by Crippen LogP contribution is -2.28. The Morgan fingerprint density at radius 3 is 1.96 bits per heavy atom. The highest BCUT2D eigenvalue weighted by molar-refractivity contribution is 6.28. The molecule has 9 aromatic rings. The molecule has 0 spiro atoms. The van der Waals surface area contributed by atoms with Crippen molar-refractivity contribution in [3.05, 3.63) is 216 Å². The van der Waals surface area contributed by atoms with Crippen LogP contribution in [0.5, 0.6) is 0 Å². The monoisotopic (exact) mass is 961 g/mol. The van der Waals surface area contributed by atoms with E-state index in [0.717, 1.165) is 61.2 Å². The molecule has 0 saturated heterocycles. The van der Waals surface area contributed by atoms with Gasteiger partial charge in [0.25, 0.3) is 0 Å². The Balaban J connectivity index is 0.916. The molecule has 0 saturated carbocycles. The molecule has 9 aromatic carbocycles. The molecule has 2 heterocycles. The molecule has 362 valence electrons. The van der Waals surface area contributed by atoms with Gasteiger partial charge >= 0.3 is 5.97 Å². The van der Waals surface area contributed by atoms with Gasteiger partial charge in [0.05, 0.1) is 11.0 Å². The lowest BCUT2D eigenvalue weighted by atomic mass is 9.78. The number of anilines is 1. The fourth-order valence-electron chi connectivity index (χ4n) is 12.7. The van der Waals surface area contributed by atoms with Crippen molar-refractivity contribution in [1.82, 2.24) is 0 Å². The van der Waals surface area contributed by atoms with Gasteiger partial charge in [-0.3, -0.25) is 0 Å². The van der Waals surface area contributed by atoms with Gasteiger partial charge in [0.2, 0.25) is 5.69 Å². The van der Waals surface area contributed by atoms with E-state index >= 15 is 0 Å². The van der Waals surface area contributed by atoms with Crippen molar-refractivity contribution in [2.45, 2.75) is 78.1 Å². The standard InChI is InChI=1S/C70H60N2O2/c1-7-9-41-71-58-39-36-50(68(73)74)44-57(58)69(3,4)60(71)29-20-30-61-70(5,6)67-52-37-32-45(43-49(52)35-40-59(67)72(61)42-10-8-2)31-33-46-34-38-56-64-51(46)27-19-28-55(64)65-62(47-21-13-11-14-22-47)53-25-17-18-26-54(53)63(66(56)65)48-23-15-12-16-24-48/h11-30,32,34-40,43-44H,7-10,41-42H2,1-6H3/p+1. The van der Waals surface area contributed by atoms with Crippen molar-refractivity contribution in [2.75, 3.05) is 18.0 Å². The lowest BCUT2D eigenvalue weighted by Gasteiger charge is -2.27. The second-order valence-corrected chi connectivity index (χ2v) is 21.4. The molecular formula is C70H61N2O2+. The third kappa shape index (κ3) is 7.43. The molecule has 3 aliphatic rings. The first kappa shape index (κ1) is 46.8. The minimum absolute atomic E-state index is 0.272. The highest BCUT2D eigenvalue weighted by Crippen LogP contribution is 2.58. The summed E-state index contributed by atoms with van der Waals surface area (Å²) < 4.78 is 2.55. The van der Waals surface area contributed by atoms with Crippen LogP contribution >= 0.6 is 0 Å². The number of aromatic carboxylic acids is 1. The Bertz CT molecular complexity index is 3860. The largest absolute Gasteiger partial charge is 0.478 e. The first-order chi connectivity index (χ1) is 36.0. The van der Waals surface area contributed by atoms with Crippen LogP contribution in [-0.4, -0.2) is 34.5 Å². The molecule has 12 rings (SSSR count). The normalized spacial score (nSPS) is 15.3. The van der Waals surface area contributed by atoms with Gasteiger partial charge in [-0.05, 0) is 151 Å². The fourth-order valence-corrected chi connectivity index (χ4v) is 12.7. The predicted molar refractivity (Wildman–Crippen MR) is 310 cm³/mol. The van der Waals surface area contributed by atoms with E-state index in [0.29, 0.717) is 5.56 Å². The number of carbonyl (C=O) groups is 1. The molecule has 0 amide bonds. The first-order valence-corrected chi connectivity index (χ1v) is 26.6. The smallest absolute Gasteiger partial charge is 0.335 e. The van der Waals surface area contributed by atoms with Gasteiger partial charge in [-0.1, -0.05) is 174 Å². The van der Waals surface area contributed by atoms with Crippen LogP contribution in [0, 0.1) is 11.8 Å². The van der Waals surface area contributed by atoms with E-state index in [1.165, 1.54) is 99.5 Å². The van der Waals surface area contributed by atoms with Crippen molar-refractivity contribution in [3.8, 4) is 56.3 Å². The van der Waals surface area contributed by atoms with Crippen molar-refractivity contribution in [1.29, 1.82) is 0 Å². The summed E-state index contributed by atoms with van der Waals surface area (Å²) in [6.45, 7) is 15.5. The molecule has 4 heteroatoms. The maximum absolute atomic E-state index is 12.1. The molecule has 0 fully saturated rings. The summed E-state index contributed by atoms with van der Waals surface area (Å²) in [5.74, 6) is 6.43. The van der Waals surface area contributed by atoms with Crippen molar-refractivity contribution >= 4 is 55.4 Å². The quantitative estimate of drug-likeness (QED) is 0.104. The first-order valence-electron chi connectivity index (χ1n) is 26.6. The molecule has 2 aliphatic heterocycles. The van der Waals surface area contributed by atoms with Crippen LogP contribution in [0.4, 0.5) is 11.4 Å². The van der Waals surface area contributed by atoms with E-state index in [2.05, 4.69) is 227 Å². The number of carboxylic acids is 1. The Morgan fingerprint density at radius 1 is 0.622 bits per heavy atom. The number of benzene rings is 9. The van der Waals surface area contributed by atoms with E-state index in [-0.39, 0.29) is 10.8 Å². The summed E-state index contributed by atoms with van der Waals surface area (Å²) in [5.41, 5.74) is 19.1. The zero-order chi connectivity index (χ0) is 50.9. The van der Waals surface area contributed by atoms with E-state index < -0.39 is 5.97 Å². The molecule has 0 bridgehead atoms. The number of carboxylic acid groups (broad SMARTS) is 1. The van der Waals surface area contributed by atoms with E-state index in [9.17, 15) is 9.90 Å². The topological polar surface area (TPSA) is 43.5 Å². The van der Waals surface area contributed by atoms with E-state index in [1.54, 1.807) is 6.07 Å². The maximum atomic E-state index is 12.1. The number of rotatable bonds is 11. The van der Waals surface area contributed by atoms with E-state index in [4.69, 9.17) is 0 Å². The van der Waals surface area contributed by atoms with Crippen molar-refractivity contribution in [2.24, 2.45) is 0 Å². The average molecular weight is 962 g/mol. The molecule has 0 aromatic heterocycles. The molecule has 4 nitrogen and oxygen atoms in total. The number of fused-ring (bicyclic) bond motifs is 8. The van der Waals surface area contributed by atoms with Gasteiger partial charge in [-0.2, -0.15) is 4.58 Å². The highest BCUT2D eigenvalue weighted by atomic mass is 16.4. The van der Waals surface area contributed by atoms with Crippen LogP contribution in [-0.2, 0) is 10.8 Å². The van der Waals surface area contributed by atoms with Gasteiger partial charge in [0.15, 0.2) is 5.71 Å². The summed E-state index contributed by atoms with van der Waals surface area (Å²) in [6, 6.07) is 59.1. The number of nitrogens with zero attached hydrogens (tertiary/aromatic N) is 2. The van der Waals surface area contributed by atoms with Crippen LogP contribution in [0.15, 0.2) is 188 Å². The summed E-state index contributed by atoms with van der Waals surface area (Å²) >= 11 is 0. The average Bonchev–Trinajstić information content (AvgIpc) is 3.95. The van der Waals surface area contributed by atoms with Crippen LogP contribution in [0.2, 0.25) is 0 Å². The SMILES string of the molecule is CCCCN1C(=CC=CC2=[N+](CCCC)c3ccc4cc(C#Cc5ccc6c7c(cccc57)-c5c-6c(-c6ccccc6)c6ccccc6c5-c5ccccc5)ccc4c3C2(C)C)C(C)(C)c2cc(C(=O)O)ccc21. The predicted octanol–water partition coefficient (Wildman–Crippen LogP) is 17.4. The maximum Gasteiger partial charge on any atom is 0.335 e. The molecule has 74 heavy (non-hydrogen) atoms. The summed E-state index contributed by atoms with van der Waals surface area (Å²) in [4.78, 5) is 14.5. The van der Waals surface area contributed by atoms with Crippen molar-refractivity contribution in [3.63, 3.8) is 0 Å². The molecule has 0 atom stereocenters. The van der Waals surface area contributed by atoms with Gasteiger partial charge in [0, 0.05) is 58.6 Å². The number of hydrogen-bond donors (Lipinski definition) is 1.